The first-order chi connectivity index (χ1) is 9.91. The van der Waals surface area contributed by atoms with E-state index in [4.69, 9.17) is 10.5 Å². The van der Waals surface area contributed by atoms with E-state index in [0.29, 0.717) is 0 Å². The molecule has 4 nitrogen and oxygen atoms in total. The van der Waals surface area contributed by atoms with Gasteiger partial charge in [-0.2, -0.15) is 0 Å². The molecule has 0 bridgehead atoms. The van der Waals surface area contributed by atoms with Crippen molar-refractivity contribution in [3.63, 3.8) is 0 Å². The molecule has 3 N–H and O–H groups in total. The number of anilines is 1. The third-order valence-electron chi connectivity index (χ3n) is 5.10. The molecular formula is C17H27N3O. The van der Waals surface area contributed by atoms with Gasteiger partial charge in [-0.15, -0.1) is 0 Å². The summed E-state index contributed by atoms with van der Waals surface area (Å²) in [5, 5.41) is 3.40. The van der Waals surface area contributed by atoms with Gasteiger partial charge in [0.1, 0.15) is 11.4 Å². The number of nitrogens with zero attached hydrogens (tertiary/aromatic N) is 1. The van der Waals surface area contributed by atoms with Gasteiger partial charge < -0.3 is 15.8 Å². The number of hydrogen-bond donors (Lipinski definition) is 2. The predicted molar refractivity (Wildman–Crippen MR) is 87.1 cm³/mol. The van der Waals surface area contributed by atoms with Crippen LogP contribution in [0, 0.1) is 20.8 Å². The maximum absolute atomic E-state index is 6.43. The van der Waals surface area contributed by atoms with Gasteiger partial charge in [0, 0.05) is 50.4 Å². The van der Waals surface area contributed by atoms with E-state index < -0.39 is 0 Å². The lowest BCUT2D eigenvalue weighted by Crippen LogP contribution is -2.51. The molecule has 2 aliphatic heterocycles. The van der Waals surface area contributed by atoms with Gasteiger partial charge in [-0.1, -0.05) is 0 Å². The highest BCUT2D eigenvalue weighted by Gasteiger charge is 2.39. The Morgan fingerprint density at radius 2 is 1.81 bits per heavy atom. The first kappa shape index (κ1) is 14.7. The highest BCUT2D eigenvalue weighted by molar-refractivity contribution is 5.66. The molecule has 1 aromatic carbocycles. The summed E-state index contributed by atoms with van der Waals surface area (Å²) in [5.74, 6) is 1.08. The number of hydrogen-bond acceptors (Lipinski definition) is 4. The van der Waals surface area contributed by atoms with Gasteiger partial charge in [-0.05, 0) is 44.4 Å². The second kappa shape index (κ2) is 5.18. The number of piperazine rings is 1. The number of benzene rings is 1. The van der Waals surface area contributed by atoms with Gasteiger partial charge in [-0.3, -0.25) is 4.90 Å². The minimum atomic E-state index is -0.130. The van der Waals surface area contributed by atoms with Gasteiger partial charge in [0.15, 0.2) is 0 Å². The number of rotatable bonds is 2. The minimum absolute atomic E-state index is 0.130. The lowest BCUT2D eigenvalue weighted by Gasteiger charge is -2.34. The Morgan fingerprint density at radius 3 is 2.48 bits per heavy atom. The van der Waals surface area contributed by atoms with Crippen LogP contribution in [0.5, 0.6) is 5.75 Å². The van der Waals surface area contributed by atoms with E-state index in [9.17, 15) is 0 Å². The van der Waals surface area contributed by atoms with Crippen LogP contribution in [0.15, 0.2) is 0 Å². The maximum Gasteiger partial charge on any atom is 0.127 e. The smallest absolute Gasteiger partial charge is 0.127 e. The Bertz CT molecular complexity index is 525. The molecule has 1 atom stereocenters. The molecule has 1 aromatic rings. The third-order valence-corrected chi connectivity index (χ3v) is 5.10. The fourth-order valence-corrected chi connectivity index (χ4v) is 3.65. The molecule has 0 aliphatic carbocycles. The summed E-state index contributed by atoms with van der Waals surface area (Å²) in [7, 11) is 0. The van der Waals surface area contributed by atoms with E-state index in [1.807, 2.05) is 0 Å². The molecule has 0 radical (unpaired) electrons. The Kier molecular flexibility index (Phi) is 3.62. The van der Waals surface area contributed by atoms with Crippen molar-refractivity contribution in [2.24, 2.45) is 0 Å². The van der Waals surface area contributed by atoms with Crippen molar-refractivity contribution in [2.75, 3.05) is 38.5 Å². The highest BCUT2D eigenvalue weighted by atomic mass is 16.5. The van der Waals surface area contributed by atoms with E-state index in [1.54, 1.807) is 0 Å². The summed E-state index contributed by atoms with van der Waals surface area (Å²) in [6.07, 6.45) is 0.962. The number of nitrogens with two attached hydrogens (primary N) is 1. The Labute approximate surface area is 127 Å². The van der Waals surface area contributed by atoms with Crippen molar-refractivity contribution in [1.82, 2.24) is 10.2 Å². The normalized spacial score (nSPS) is 25.7. The van der Waals surface area contributed by atoms with Gasteiger partial charge in [-0.25, -0.2) is 0 Å². The summed E-state index contributed by atoms with van der Waals surface area (Å²) < 4.78 is 6.43. The molecule has 21 heavy (non-hydrogen) atoms. The summed E-state index contributed by atoms with van der Waals surface area (Å²) in [6, 6.07) is 0. The van der Waals surface area contributed by atoms with Crippen LogP contribution < -0.4 is 15.8 Å². The van der Waals surface area contributed by atoms with E-state index >= 15 is 0 Å². The molecule has 1 unspecified atom stereocenters. The fourth-order valence-electron chi connectivity index (χ4n) is 3.65. The molecular weight excluding hydrogens is 262 g/mol. The summed E-state index contributed by atoms with van der Waals surface area (Å²) in [4.78, 5) is 2.50. The van der Waals surface area contributed by atoms with Crippen molar-refractivity contribution >= 4 is 5.69 Å². The van der Waals surface area contributed by atoms with Crippen LogP contribution in [-0.2, 0) is 6.42 Å². The van der Waals surface area contributed by atoms with Gasteiger partial charge in [0.05, 0.1) is 0 Å². The molecule has 0 aromatic heterocycles. The SMILES string of the molecule is Cc1c(C)c2c(c(C)c1N)CC(C)(CN1CCNCC1)O2. The number of nitrogens with one attached hydrogen (secondary N) is 1. The van der Waals surface area contributed by atoms with Crippen LogP contribution in [0.1, 0.15) is 29.2 Å². The minimum Gasteiger partial charge on any atom is -0.485 e. The Balaban J connectivity index is 1.86. The molecule has 1 saturated heterocycles. The second-order valence-electron chi connectivity index (χ2n) is 6.85. The van der Waals surface area contributed by atoms with Crippen LogP contribution in [0.25, 0.3) is 0 Å². The molecule has 2 heterocycles. The average Bonchev–Trinajstić information content (AvgIpc) is 2.82. The van der Waals surface area contributed by atoms with Crippen LogP contribution in [0.3, 0.4) is 0 Å². The molecule has 0 saturated carbocycles. The maximum atomic E-state index is 6.43. The lowest BCUT2D eigenvalue weighted by atomic mass is 9.91. The Morgan fingerprint density at radius 1 is 1.14 bits per heavy atom. The quantitative estimate of drug-likeness (QED) is 0.815. The topological polar surface area (TPSA) is 50.5 Å². The summed E-state index contributed by atoms with van der Waals surface area (Å²) in [6.45, 7) is 13.9. The van der Waals surface area contributed by atoms with Gasteiger partial charge in [0.25, 0.3) is 0 Å². The van der Waals surface area contributed by atoms with Gasteiger partial charge in [0.2, 0.25) is 0 Å². The highest BCUT2D eigenvalue weighted by Crippen LogP contribution is 2.43. The van der Waals surface area contributed by atoms with Crippen LogP contribution in [0.2, 0.25) is 0 Å². The fraction of sp³-hybridized carbons (Fsp3) is 0.647. The largest absolute Gasteiger partial charge is 0.485 e. The van der Waals surface area contributed by atoms with E-state index in [2.05, 4.69) is 37.9 Å². The molecule has 2 aliphatic rings. The Hall–Kier alpha value is -1.26. The first-order valence-corrected chi connectivity index (χ1v) is 7.91. The standard InChI is InChI=1S/C17H27N3O/c1-11-12(2)16-14(13(3)15(11)18)9-17(4,21-16)10-20-7-5-19-6-8-20/h19H,5-10,18H2,1-4H3. The van der Waals surface area contributed by atoms with Crippen LogP contribution in [0.4, 0.5) is 5.69 Å². The molecule has 0 spiro atoms. The van der Waals surface area contributed by atoms with Crippen molar-refractivity contribution < 1.29 is 4.74 Å². The van der Waals surface area contributed by atoms with Crippen molar-refractivity contribution in [1.29, 1.82) is 0 Å². The lowest BCUT2D eigenvalue weighted by molar-refractivity contribution is 0.0578. The summed E-state index contributed by atoms with van der Waals surface area (Å²) >= 11 is 0. The second-order valence-corrected chi connectivity index (χ2v) is 6.85. The van der Waals surface area contributed by atoms with Crippen LogP contribution in [-0.4, -0.2) is 43.2 Å². The molecule has 1 fully saturated rings. The van der Waals surface area contributed by atoms with E-state index in [0.717, 1.165) is 56.1 Å². The average molecular weight is 289 g/mol. The number of nitrogen functional groups attached to an aromatic ring is 1. The molecule has 0 amide bonds. The van der Waals surface area contributed by atoms with E-state index in [1.165, 1.54) is 16.7 Å². The number of ether oxygens (including phenoxy) is 1. The first-order valence-electron chi connectivity index (χ1n) is 7.91. The van der Waals surface area contributed by atoms with E-state index in [-0.39, 0.29) is 5.60 Å². The van der Waals surface area contributed by atoms with Crippen LogP contribution >= 0.6 is 0 Å². The molecule has 116 valence electrons. The molecule has 4 heteroatoms. The zero-order chi connectivity index (χ0) is 15.2. The number of fused-ring (bicyclic) bond motifs is 1. The zero-order valence-electron chi connectivity index (χ0n) is 13.7. The zero-order valence-corrected chi connectivity index (χ0v) is 13.7. The molecule has 3 rings (SSSR count). The van der Waals surface area contributed by atoms with Gasteiger partial charge >= 0.3 is 0 Å². The monoisotopic (exact) mass is 289 g/mol. The third kappa shape index (κ3) is 2.51. The summed E-state index contributed by atoms with van der Waals surface area (Å²) in [5.41, 5.74) is 11.9. The van der Waals surface area contributed by atoms with Crippen molar-refractivity contribution in [2.45, 2.75) is 39.7 Å². The van der Waals surface area contributed by atoms with Crippen molar-refractivity contribution in [3.8, 4) is 5.75 Å². The predicted octanol–water partition coefficient (Wildman–Crippen LogP) is 1.79. The van der Waals surface area contributed by atoms with Crippen molar-refractivity contribution in [3.05, 3.63) is 22.3 Å².